The smallest absolute Gasteiger partial charge is 0.263 e. The van der Waals surface area contributed by atoms with Crippen molar-refractivity contribution in [2.24, 2.45) is 11.8 Å². The van der Waals surface area contributed by atoms with Gasteiger partial charge in [0.05, 0.1) is 16.7 Å². The molecule has 1 saturated heterocycles. The van der Waals surface area contributed by atoms with Gasteiger partial charge in [0, 0.05) is 17.4 Å². The first-order valence-electron chi connectivity index (χ1n) is 10.7. The van der Waals surface area contributed by atoms with Crippen LogP contribution in [-0.2, 0) is 24.4 Å². The average Bonchev–Trinajstić information content (AvgIpc) is 2.98. The van der Waals surface area contributed by atoms with Gasteiger partial charge in [0.15, 0.2) is 0 Å². The summed E-state index contributed by atoms with van der Waals surface area (Å²) >= 11 is 0. The maximum Gasteiger partial charge on any atom is 0.263 e. The van der Waals surface area contributed by atoms with Gasteiger partial charge >= 0.3 is 0 Å². The molecule has 174 valence electrons. The Morgan fingerprint density at radius 1 is 1.03 bits per heavy atom. The second-order valence-corrected chi connectivity index (χ2v) is 10.1. The summed E-state index contributed by atoms with van der Waals surface area (Å²) in [5.41, 5.74) is 0.983. The SMILES string of the molecule is Cc1cc(NS(=O)(=O)c2ccc(NC(=O)CN3C(=O)[C@H]4CCCC[C@H]4C3=O)cc2)nc(C)n1. The van der Waals surface area contributed by atoms with Crippen molar-refractivity contribution in [1.82, 2.24) is 14.9 Å². The predicted molar refractivity (Wildman–Crippen MR) is 120 cm³/mol. The zero-order valence-corrected chi connectivity index (χ0v) is 19.2. The molecule has 11 heteroatoms. The van der Waals surface area contributed by atoms with E-state index in [-0.39, 0.29) is 40.9 Å². The molecule has 2 aliphatic rings. The minimum atomic E-state index is -3.89. The highest BCUT2D eigenvalue weighted by Crippen LogP contribution is 2.37. The summed E-state index contributed by atoms with van der Waals surface area (Å²) in [6.07, 6.45) is 3.21. The van der Waals surface area contributed by atoms with Crippen molar-refractivity contribution < 1.29 is 22.8 Å². The number of anilines is 2. The Hall–Kier alpha value is -3.34. The van der Waals surface area contributed by atoms with Crippen LogP contribution in [-0.4, -0.2) is 47.6 Å². The molecule has 33 heavy (non-hydrogen) atoms. The van der Waals surface area contributed by atoms with Gasteiger partial charge in [-0.2, -0.15) is 0 Å². The normalized spacial score (nSPS) is 20.5. The molecular weight excluding hydrogens is 446 g/mol. The highest BCUT2D eigenvalue weighted by atomic mass is 32.2. The molecule has 4 rings (SSSR count). The molecule has 2 aromatic rings. The number of carbonyl (C=O) groups is 3. The first-order chi connectivity index (χ1) is 15.6. The molecule has 1 aromatic heterocycles. The number of hydrogen-bond acceptors (Lipinski definition) is 7. The summed E-state index contributed by atoms with van der Waals surface area (Å²) in [6, 6.07) is 7.10. The summed E-state index contributed by atoms with van der Waals surface area (Å²) in [4.78, 5) is 46.7. The Morgan fingerprint density at radius 3 is 2.21 bits per heavy atom. The maximum atomic E-state index is 12.6. The molecule has 2 fully saturated rings. The highest BCUT2D eigenvalue weighted by Gasteiger charge is 2.48. The van der Waals surface area contributed by atoms with Gasteiger partial charge in [-0.05, 0) is 51.0 Å². The number of benzene rings is 1. The van der Waals surface area contributed by atoms with Crippen LogP contribution in [0.1, 0.15) is 37.2 Å². The molecule has 2 atom stereocenters. The Morgan fingerprint density at radius 2 is 1.64 bits per heavy atom. The fourth-order valence-corrected chi connectivity index (χ4v) is 5.41. The van der Waals surface area contributed by atoms with Crippen LogP contribution < -0.4 is 10.0 Å². The number of rotatable bonds is 6. The second-order valence-electron chi connectivity index (χ2n) is 8.38. The Kier molecular flexibility index (Phi) is 6.15. The molecule has 10 nitrogen and oxygen atoms in total. The Balaban J connectivity index is 1.39. The molecule has 1 saturated carbocycles. The quantitative estimate of drug-likeness (QED) is 0.615. The Labute approximate surface area is 191 Å². The third-order valence-electron chi connectivity index (χ3n) is 5.89. The summed E-state index contributed by atoms with van der Waals surface area (Å²) in [7, 11) is -3.89. The number of imide groups is 1. The van der Waals surface area contributed by atoms with E-state index in [0.717, 1.165) is 17.7 Å². The standard InChI is InChI=1S/C22H25N5O5S/c1-13-11-19(24-14(2)23-13)26-33(31,32)16-9-7-15(8-10-16)25-20(28)12-27-21(29)17-5-3-4-6-18(17)22(27)30/h7-11,17-18H,3-6,12H2,1-2H3,(H,25,28)(H,23,24,26)/t17-,18+. The van der Waals surface area contributed by atoms with E-state index in [9.17, 15) is 22.8 Å². The number of carbonyl (C=O) groups excluding carboxylic acids is 3. The topological polar surface area (TPSA) is 138 Å². The van der Waals surface area contributed by atoms with E-state index < -0.39 is 15.9 Å². The van der Waals surface area contributed by atoms with Crippen molar-refractivity contribution in [3.05, 3.63) is 41.9 Å². The molecule has 1 aliphatic heterocycles. The number of sulfonamides is 1. The zero-order valence-electron chi connectivity index (χ0n) is 18.4. The molecule has 0 unspecified atom stereocenters. The summed E-state index contributed by atoms with van der Waals surface area (Å²) in [6.45, 7) is 3.05. The monoisotopic (exact) mass is 471 g/mol. The number of aromatic nitrogens is 2. The summed E-state index contributed by atoms with van der Waals surface area (Å²) in [5.74, 6) is -1.07. The van der Waals surface area contributed by atoms with E-state index in [0.29, 0.717) is 30.0 Å². The molecule has 0 radical (unpaired) electrons. The van der Waals surface area contributed by atoms with Crippen molar-refractivity contribution >= 4 is 39.3 Å². The molecule has 0 bridgehead atoms. The van der Waals surface area contributed by atoms with Crippen LogP contribution in [0, 0.1) is 25.7 Å². The van der Waals surface area contributed by atoms with E-state index in [2.05, 4.69) is 20.0 Å². The molecule has 3 amide bonds. The fraction of sp³-hybridized carbons (Fsp3) is 0.409. The van der Waals surface area contributed by atoms with E-state index >= 15 is 0 Å². The molecule has 0 spiro atoms. The fourth-order valence-electron chi connectivity index (χ4n) is 4.41. The minimum Gasteiger partial charge on any atom is -0.325 e. The van der Waals surface area contributed by atoms with Crippen LogP contribution in [0.5, 0.6) is 0 Å². The first-order valence-corrected chi connectivity index (χ1v) is 12.2. The molecule has 1 aromatic carbocycles. The lowest BCUT2D eigenvalue weighted by Crippen LogP contribution is -2.38. The lowest BCUT2D eigenvalue weighted by atomic mass is 9.81. The van der Waals surface area contributed by atoms with E-state index in [1.54, 1.807) is 13.8 Å². The van der Waals surface area contributed by atoms with E-state index in [1.807, 2.05) is 0 Å². The molecular formula is C22H25N5O5S. The van der Waals surface area contributed by atoms with Crippen molar-refractivity contribution in [3.8, 4) is 0 Å². The van der Waals surface area contributed by atoms with Gasteiger partial charge in [0.1, 0.15) is 18.2 Å². The van der Waals surface area contributed by atoms with Gasteiger partial charge in [-0.1, -0.05) is 12.8 Å². The third-order valence-corrected chi connectivity index (χ3v) is 7.26. The number of nitrogens with zero attached hydrogens (tertiary/aromatic N) is 3. The second kappa shape index (κ2) is 8.89. The number of likely N-dealkylation sites (tertiary alicyclic amines) is 1. The number of hydrogen-bond donors (Lipinski definition) is 2. The van der Waals surface area contributed by atoms with Crippen LogP contribution in [0.25, 0.3) is 0 Å². The van der Waals surface area contributed by atoms with Gasteiger partial charge in [-0.3, -0.25) is 24.0 Å². The van der Waals surface area contributed by atoms with E-state index in [1.165, 1.54) is 30.3 Å². The number of amides is 3. The number of aryl methyl sites for hydroxylation is 2. The van der Waals surface area contributed by atoms with E-state index in [4.69, 9.17) is 0 Å². The van der Waals surface area contributed by atoms with Crippen molar-refractivity contribution in [2.45, 2.75) is 44.4 Å². The Bertz CT molecular complexity index is 1170. The minimum absolute atomic E-state index is 0.0107. The first kappa shape index (κ1) is 22.8. The van der Waals surface area contributed by atoms with Crippen LogP contribution in [0.3, 0.4) is 0 Å². The van der Waals surface area contributed by atoms with Crippen molar-refractivity contribution in [2.75, 3.05) is 16.6 Å². The van der Waals surface area contributed by atoms with Crippen LogP contribution >= 0.6 is 0 Å². The molecule has 1 aliphatic carbocycles. The molecule has 2 N–H and O–H groups in total. The summed E-state index contributed by atoms with van der Waals surface area (Å²) < 4.78 is 27.7. The number of nitrogens with one attached hydrogen (secondary N) is 2. The van der Waals surface area contributed by atoms with Crippen molar-refractivity contribution in [1.29, 1.82) is 0 Å². The zero-order chi connectivity index (χ0) is 23.8. The average molecular weight is 472 g/mol. The van der Waals surface area contributed by atoms with Crippen LogP contribution in [0.4, 0.5) is 11.5 Å². The highest BCUT2D eigenvalue weighted by molar-refractivity contribution is 7.92. The van der Waals surface area contributed by atoms with Gasteiger partial charge in [-0.25, -0.2) is 18.4 Å². The lowest BCUT2D eigenvalue weighted by molar-refractivity contribution is -0.142. The van der Waals surface area contributed by atoms with Crippen LogP contribution in [0.15, 0.2) is 35.2 Å². The third kappa shape index (κ3) is 4.87. The maximum absolute atomic E-state index is 12.6. The van der Waals surface area contributed by atoms with Gasteiger partial charge in [0.2, 0.25) is 17.7 Å². The largest absolute Gasteiger partial charge is 0.325 e. The van der Waals surface area contributed by atoms with Gasteiger partial charge < -0.3 is 5.32 Å². The predicted octanol–water partition coefficient (Wildman–Crippen LogP) is 2.01. The van der Waals surface area contributed by atoms with Gasteiger partial charge in [0.25, 0.3) is 10.0 Å². The lowest BCUT2D eigenvalue weighted by Gasteiger charge is -2.19. The molecule has 2 heterocycles. The van der Waals surface area contributed by atoms with Crippen molar-refractivity contribution in [3.63, 3.8) is 0 Å². The van der Waals surface area contributed by atoms with Gasteiger partial charge in [-0.15, -0.1) is 0 Å². The summed E-state index contributed by atoms with van der Waals surface area (Å²) in [5, 5.41) is 2.61. The van der Waals surface area contributed by atoms with Crippen LogP contribution in [0.2, 0.25) is 0 Å². The number of fused-ring (bicyclic) bond motifs is 1.